The summed E-state index contributed by atoms with van der Waals surface area (Å²) in [5, 5.41) is 13.4. The van der Waals surface area contributed by atoms with Crippen molar-refractivity contribution in [2.75, 3.05) is 4.90 Å². The second kappa shape index (κ2) is 7.50. The van der Waals surface area contributed by atoms with Crippen molar-refractivity contribution in [1.29, 1.82) is 0 Å². The average molecular weight is 377 g/mol. The molecule has 0 radical (unpaired) electrons. The molecule has 146 valence electrons. The number of hydrazone groups is 1. The Balaban J connectivity index is 1.80. The smallest absolute Gasteiger partial charge is 0.271 e. The van der Waals surface area contributed by atoms with E-state index in [1.54, 1.807) is 18.3 Å². The minimum atomic E-state index is -0.321. The first-order valence-electron chi connectivity index (χ1n) is 9.45. The molecule has 1 amide bonds. The SMILES string of the molecule is CC1=CC(C)(C)N(C(C)C)c2ccc(/C=N/NC(=O)c3ccc(O)cc3)cc21. The Morgan fingerprint density at radius 1 is 1.18 bits per heavy atom. The van der Waals surface area contributed by atoms with Gasteiger partial charge in [-0.15, -0.1) is 0 Å². The molecule has 1 aliphatic rings. The Bertz CT molecular complexity index is 941. The van der Waals surface area contributed by atoms with Crippen LogP contribution in [0, 0.1) is 0 Å². The standard InChI is InChI=1S/C23H27N3O2/c1-15(2)26-21-11-6-17(12-20(21)16(3)13-23(26,4)5)14-24-25-22(28)18-7-9-19(27)10-8-18/h6-15,27H,1-5H3,(H,25,28)/b24-14+. The van der Waals surface area contributed by atoms with Crippen LogP contribution in [0.25, 0.3) is 5.57 Å². The molecule has 1 heterocycles. The first-order chi connectivity index (χ1) is 13.2. The van der Waals surface area contributed by atoms with E-state index in [1.165, 1.54) is 29.0 Å². The number of phenolic OH excluding ortho intramolecular Hbond substituents is 1. The normalized spacial score (nSPS) is 15.5. The molecule has 0 saturated heterocycles. The van der Waals surface area contributed by atoms with Crippen molar-refractivity contribution >= 4 is 23.4 Å². The quantitative estimate of drug-likeness (QED) is 0.606. The van der Waals surface area contributed by atoms with E-state index in [0.29, 0.717) is 11.6 Å². The largest absolute Gasteiger partial charge is 0.508 e. The minimum absolute atomic E-state index is 0.0427. The monoisotopic (exact) mass is 377 g/mol. The van der Waals surface area contributed by atoms with Crippen LogP contribution in [-0.4, -0.2) is 28.8 Å². The highest BCUT2D eigenvalue weighted by Gasteiger charge is 2.32. The first kappa shape index (κ1) is 19.7. The summed E-state index contributed by atoms with van der Waals surface area (Å²) in [5.41, 5.74) is 7.47. The number of allylic oxidation sites excluding steroid dienone is 1. The number of nitrogens with one attached hydrogen (secondary N) is 1. The molecule has 0 saturated carbocycles. The Hall–Kier alpha value is -3.08. The molecule has 5 nitrogen and oxygen atoms in total. The number of aromatic hydroxyl groups is 1. The molecule has 0 bridgehead atoms. The van der Waals surface area contributed by atoms with Gasteiger partial charge < -0.3 is 10.0 Å². The molecule has 1 aliphatic heterocycles. The molecule has 5 heteroatoms. The fraction of sp³-hybridized carbons (Fsp3) is 0.304. The molecular weight excluding hydrogens is 350 g/mol. The van der Waals surface area contributed by atoms with Crippen molar-refractivity contribution in [3.05, 3.63) is 65.2 Å². The maximum Gasteiger partial charge on any atom is 0.271 e. The van der Waals surface area contributed by atoms with Gasteiger partial charge in [-0.05, 0) is 82.2 Å². The molecule has 3 rings (SSSR count). The summed E-state index contributed by atoms with van der Waals surface area (Å²) in [5.74, 6) is -0.200. The average Bonchev–Trinajstić information content (AvgIpc) is 2.61. The fourth-order valence-corrected chi connectivity index (χ4v) is 3.93. The summed E-state index contributed by atoms with van der Waals surface area (Å²) in [7, 11) is 0. The highest BCUT2D eigenvalue weighted by Crippen LogP contribution is 2.40. The molecule has 0 fully saturated rings. The van der Waals surface area contributed by atoms with E-state index in [2.05, 4.69) is 68.3 Å². The molecule has 2 N–H and O–H groups in total. The maximum atomic E-state index is 12.1. The van der Waals surface area contributed by atoms with Gasteiger partial charge >= 0.3 is 0 Å². The lowest BCUT2D eigenvalue weighted by atomic mass is 9.87. The van der Waals surface area contributed by atoms with Crippen molar-refractivity contribution in [1.82, 2.24) is 5.43 Å². The molecule has 0 atom stereocenters. The third-order valence-corrected chi connectivity index (χ3v) is 4.92. The predicted molar refractivity (Wildman–Crippen MR) is 115 cm³/mol. The zero-order chi connectivity index (χ0) is 20.5. The summed E-state index contributed by atoms with van der Waals surface area (Å²) in [6.45, 7) is 11.0. The van der Waals surface area contributed by atoms with Crippen LogP contribution in [0.4, 0.5) is 5.69 Å². The van der Waals surface area contributed by atoms with Gasteiger partial charge in [0.2, 0.25) is 0 Å². The number of anilines is 1. The lowest BCUT2D eigenvalue weighted by Crippen LogP contribution is -2.49. The Morgan fingerprint density at radius 2 is 1.86 bits per heavy atom. The summed E-state index contributed by atoms with van der Waals surface area (Å²) in [6, 6.07) is 12.7. The van der Waals surface area contributed by atoms with Gasteiger partial charge in [0.15, 0.2) is 0 Å². The number of rotatable bonds is 4. The number of benzene rings is 2. The predicted octanol–water partition coefficient (Wildman–Crippen LogP) is 4.57. The van der Waals surface area contributed by atoms with Crippen LogP contribution in [0.5, 0.6) is 5.75 Å². The van der Waals surface area contributed by atoms with Gasteiger partial charge in [-0.2, -0.15) is 5.10 Å². The number of hydrogen-bond acceptors (Lipinski definition) is 4. The number of hydrogen-bond donors (Lipinski definition) is 2. The minimum Gasteiger partial charge on any atom is -0.508 e. The number of phenols is 1. The molecule has 0 spiro atoms. The van der Waals surface area contributed by atoms with Crippen molar-refractivity contribution in [2.24, 2.45) is 5.10 Å². The summed E-state index contributed by atoms with van der Waals surface area (Å²) in [6.07, 6.45) is 3.94. The van der Waals surface area contributed by atoms with Gasteiger partial charge in [0, 0.05) is 22.9 Å². The van der Waals surface area contributed by atoms with Gasteiger partial charge in [-0.3, -0.25) is 4.79 Å². The zero-order valence-corrected chi connectivity index (χ0v) is 17.0. The topological polar surface area (TPSA) is 64.9 Å². The van der Waals surface area contributed by atoms with E-state index in [0.717, 1.165) is 5.56 Å². The lowest BCUT2D eigenvalue weighted by molar-refractivity contribution is 0.0955. The summed E-state index contributed by atoms with van der Waals surface area (Å²) >= 11 is 0. The second-order valence-electron chi connectivity index (χ2n) is 7.97. The lowest BCUT2D eigenvalue weighted by Gasteiger charge is -2.46. The van der Waals surface area contributed by atoms with E-state index in [1.807, 2.05) is 6.07 Å². The van der Waals surface area contributed by atoms with Crippen LogP contribution >= 0.6 is 0 Å². The van der Waals surface area contributed by atoms with E-state index >= 15 is 0 Å². The van der Waals surface area contributed by atoms with Crippen LogP contribution in [0.1, 0.15) is 56.1 Å². The Morgan fingerprint density at radius 3 is 2.50 bits per heavy atom. The van der Waals surface area contributed by atoms with Crippen LogP contribution in [0.3, 0.4) is 0 Å². The van der Waals surface area contributed by atoms with Gasteiger partial charge in [-0.1, -0.05) is 12.1 Å². The van der Waals surface area contributed by atoms with Crippen LogP contribution < -0.4 is 10.3 Å². The maximum absolute atomic E-state index is 12.1. The second-order valence-corrected chi connectivity index (χ2v) is 7.97. The Kier molecular flexibility index (Phi) is 5.27. The number of nitrogens with zero attached hydrogens (tertiary/aromatic N) is 2. The zero-order valence-electron chi connectivity index (χ0n) is 17.0. The third kappa shape index (κ3) is 3.93. The van der Waals surface area contributed by atoms with Gasteiger partial charge in [0.05, 0.1) is 11.8 Å². The fourth-order valence-electron chi connectivity index (χ4n) is 3.93. The number of amides is 1. The van der Waals surface area contributed by atoms with Gasteiger partial charge in [-0.25, -0.2) is 5.43 Å². The van der Waals surface area contributed by atoms with Crippen molar-refractivity contribution in [3.63, 3.8) is 0 Å². The molecule has 0 aliphatic carbocycles. The van der Waals surface area contributed by atoms with Crippen molar-refractivity contribution in [3.8, 4) is 5.75 Å². The van der Waals surface area contributed by atoms with Crippen LogP contribution in [0.15, 0.2) is 53.6 Å². The number of fused-ring (bicyclic) bond motifs is 1. The first-order valence-corrected chi connectivity index (χ1v) is 9.45. The van der Waals surface area contributed by atoms with E-state index in [9.17, 15) is 9.90 Å². The summed E-state index contributed by atoms with van der Waals surface area (Å²) < 4.78 is 0. The molecule has 2 aromatic carbocycles. The van der Waals surface area contributed by atoms with Crippen LogP contribution in [-0.2, 0) is 0 Å². The third-order valence-electron chi connectivity index (χ3n) is 4.92. The van der Waals surface area contributed by atoms with Crippen LogP contribution in [0.2, 0.25) is 0 Å². The molecule has 28 heavy (non-hydrogen) atoms. The van der Waals surface area contributed by atoms with E-state index < -0.39 is 0 Å². The number of carbonyl (C=O) groups excluding carboxylic acids is 1. The molecule has 2 aromatic rings. The van der Waals surface area contributed by atoms with Gasteiger partial charge in [0.25, 0.3) is 5.91 Å². The molecule has 0 unspecified atom stereocenters. The number of carbonyl (C=O) groups is 1. The van der Waals surface area contributed by atoms with E-state index in [4.69, 9.17) is 0 Å². The highest BCUT2D eigenvalue weighted by atomic mass is 16.3. The summed E-state index contributed by atoms with van der Waals surface area (Å²) in [4.78, 5) is 14.5. The molecular formula is C23H27N3O2. The molecule has 0 aromatic heterocycles. The highest BCUT2D eigenvalue weighted by molar-refractivity contribution is 5.95. The van der Waals surface area contributed by atoms with E-state index in [-0.39, 0.29) is 17.2 Å². The Labute approximate surface area is 166 Å². The van der Waals surface area contributed by atoms with Gasteiger partial charge in [0.1, 0.15) is 5.75 Å². The van der Waals surface area contributed by atoms with Crippen molar-refractivity contribution in [2.45, 2.75) is 46.2 Å². The van der Waals surface area contributed by atoms with Crippen molar-refractivity contribution < 1.29 is 9.90 Å².